The predicted molar refractivity (Wildman–Crippen MR) is 105 cm³/mol. The number of aromatic nitrogens is 2. The molecule has 1 amide bonds. The number of pyridine rings is 1. The third-order valence-electron chi connectivity index (χ3n) is 3.82. The van der Waals surface area contributed by atoms with Crippen LogP contribution in [-0.4, -0.2) is 22.5 Å². The quantitative estimate of drug-likeness (QED) is 0.567. The van der Waals surface area contributed by atoms with E-state index in [1.165, 1.54) is 17.8 Å². The number of hydrogen-bond acceptors (Lipinski definition) is 5. The molecule has 2 aromatic heterocycles. The van der Waals surface area contributed by atoms with Crippen LogP contribution in [0.4, 0.5) is 5.13 Å². The first kappa shape index (κ1) is 18.1. The average Bonchev–Trinajstić information content (AvgIpc) is 3.15. The van der Waals surface area contributed by atoms with Crippen LogP contribution in [0.3, 0.4) is 0 Å². The number of unbranched alkanes of at least 4 members (excludes halogenated alkanes) is 2. The van der Waals surface area contributed by atoms with E-state index >= 15 is 0 Å². The molecule has 3 rings (SSSR count). The minimum atomic E-state index is -0.186. The molecular formula is C20H21N3O2S. The maximum absolute atomic E-state index is 12.4. The van der Waals surface area contributed by atoms with Crippen molar-refractivity contribution in [3.05, 3.63) is 59.7 Å². The van der Waals surface area contributed by atoms with E-state index in [9.17, 15) is 4.79 Å². The van der Waals surface area contributed by atoms with Crippen LogP contribution in [-0.2, 0) is 0 Å². The van der Waals surface area contributed by atoms with Gasteiger partial charge < -0.3 is 4.74 Å². The van der Waals surface area contributed by atoms with Crippen molar-refractivity contribution in [1.29, 1.82) is 0 Å². The maximum Gasteiger partial charge on any atom is 0.257 e. The highest BCUT2D eigenvalue weighted by Crippen LogP contribution is 2.24. The summed E-state index contributed by atoms with van der Waals surface area (Å²) >= 11 is 1.39. The van der Waals surface area contributed by atoms with Gasteiger partial charge in [-0.05, 0) is 42.8 Å². The van der Waals surface area contributed by atoms with Crippen molar-refractivity contribution in [1.82, 2.24) is 9.97 Å². The number of carbonyl (C=O) groups is 1. The van der Waals surface area contributed by atoms with E-state index in [0.717, 1.165) is 29.8 Å². The van der Waals surface area contributed by atoms with Gasteiger partial charge >= 0.3 is 0 Å². The molecule has 0 radical (unpaired) electrons. The second kappa shape index (κ2) is 9.10. The largest absolute Gasteiger partial charge is 0.494 e. The lowest BCUT2D eigenvalue weighted by atomic mass is 10.2. The summed E-state index contributed by atoms with van der Waals surface area (Å²) in [5.41, 5.74) is 2.30. The number of rotatable bonds is 8. The molecule has 0 unspecified atom stereocenters. The Labute approximate surface area is 157 Å². The molecule has 26 heavy (non-hydrogen) atoms. The average molecular weight is 367 g/mol. The standard InChI is InChI=1S/C20H21N3O2S/c1-2-3-4-12-25-17-9-7-15(8-10-17)19(24)23-20-22-18(14-26-20)16-6-5-11-21-13-16/h5-11,13-14H,2-4,12H2,1H3,(H,22,23,24). The fraction of sp³-hybridized carbons (Fsp3) is 0.250. The molecule has 3 aromatic rings. The van der Waals surface area contributed by atoms with Gasteiger partial charge in [0.2, 0.25) is 0 Å². The van der Waals surface area contributed by atoms with Gasteiger partial charge in [-0.3, -0.25) is 15.1 Å². The molecular weight excluding hydrogens is 346 g/mol. The van der Waals surface area contributed by atoms with E-state index in [2.05, 4.69) is 22.2 Å². The van der Waals surface area contributed by atoms with E-state index in [1.54, 1.807) is 24.5 Å². The summed E-state index contributed by atoms with van der Waals surface area (Å²) in [5.74, 6) is 0.598. The number of carbonyl (C=O) groups excluding carboxylic acids is 1. The van der Waals surface area contributed by atoms with Crippen LogP contribution in [0, 0.1) is 0 Å². The molecule has 0 aliphatic carbocycles. The molecule has 2 heterocycles. The van der Waals surface area contributed by atoms with Crippen LogP contribution in [0.5, 0.6) is 5.75 Å². The summed E-state index contributed by atoms with van der Waals surface area (Å²) in [5, 5.41) is 5.30. The summed E-state index contributed by atoms with van der Waals surface area (Å²) in [4.78, 5) is 20.9. The Hall–Kier alpha value is -2.73. The summed E-state index contributed by atoms with van der Waals surface area (Å²) in [7, 11) is 0. The number of thiazole rings is 1. The van der Waals surface area contributed by atoms with Crippen LogP contribution in [0.25, 0.3) is 11.3 Å². The van der Waals surface area contributed by atoms with Crippen LogP contribution < -0.4 is 10.1 Å². The topological polar surface area (TPSA) is 64.1 Å². The van der Waals surface area contributed by atoms with Gasteiger partial charge in [0.25, 0.3) is 5.91 Å². The predicted octanol–water partition coefficient (Wildman–Crippen LogP) is 5.03. The van der Waals surface area contributed by atoms with Gasteiger partial charge in [0.1, 0.15) is 5.75 Å². The van der Waals surface area contributed by atoms with Crippen molar-refractivity contribution in [2.24, 2.45) is 0 Å². The van der Waals surface area contributed by atoms with Crippen molar-refractivity contribution in [3.63, 3.8) is 0 Å². The minimum Gasteiger partial charge on any atom is -0.494 e. The molecule has 1 N–H and O–H groups in total. The molecule has 0 fully saturated rings. The second-order valence-electron chi connectivity index (χ2n) is 5.81. The highest BCUT2D eigenvalue weighted by molar-refractivity contribution is 7.14. The van der Waals surface area contributed by atoms with E-state index < -0.39 is 0 Å². The number of nitrogens with one attached hydrogen (secondary N) is 1. The van der Waals surface area contributed by atoms with Gasteiger partial charge in [-0.25, -0.2) is 4.98 Å². The van der Waals surface area contributed by atoms with Crippen LogP contribution in [0.2, 0.25) is 0 Å². The van der Waals surface area contributed by atoms with Crippen LogP contribution in [0.1, 0.15) is 36.5 Å². The monoisotopic (exact) mass is 367 g/mol. The summed E-state index contributed by atoms with van der Waals surface area (Å²) in [6.45, 7) is 2.87. The zero-order valence-corrected chi connectivity index (χ0v) is 15.5. The Balaban J connectivity index is 1.57. The number of benzene rings is 1. The molecule has 0 saturated heterocycles. The highest BCUT2D eigenvalue weighted by Gasteiger charge is 2.10. The number of hydrogen-bond donors (Lipinski definition) is 1. The Morgan fingerprint density at radius 3 is 2.77 bits per heavy atom. The maximum atomic E-state index is 12.4. The number of anilines is 1. The van der Waals surface area contributed by atoms with Gasteiger partial charge in [-0.15, -0.1) is 11.3 Å². The number of amides is 1. The van der Waals surface area contributed by atoms with E-state index in [1.807, 2.05) is 29.6 Å². The fourth-order valence-electron chi connectivity index (χ4n) is 2.39. The van der Waals surface area contributed by atoms with Crippen LogP contribution in [0.15, 0.2) is 54.2 Å². The van der Waals surface area contributed by atoms with Gasteiger partial charge in [-0.2, -0.15) is 0 Å². The summed E-state index contributed by atoms with van der Waals surface area (Å²) < 4.78 is 5.67. The summed E-state index contributed by atoms with van der Waals surface area (Å²) in [6.07, 6.45) is 6.84. The Morgan fingerprint density at radius 2 is 2.04 bits per heavy atom. The lowest BCUT2D eigenvalue weighted by molar-refractivity contribution is 0.102. The van der Waals surface area contributed by atoms with E-state index in [0.29, 0.717) is 17.3 Å². The Bertz CT molecular complexity index is 832. The summed E-state index contributed by atoms with van der Waals surface area (Å²) in [6, 6.07) is 11.0. The third-order valence-corrected chi connectivity index (χ3v) is 4.57. The third kappa shape index (κ3) is 4.89. The number of nitrogens with zero attached hydrogens (tertiary/aromatic N) is 2. The fourth-order valence-corrected chi connectivity index (χ4v) is 3.11. The first-order valence-corrected chi connectivity index (χ1v) is 9.54. The van der Waals surface area contributed by atoms with E-state index in [-0.39, 0.29) is 5.91 Å². The lowest BCUT2D eigenvalue weighted by Crippen LogP contribution is -2.11. The molecule has 0 aliphatic rings. The molecule has 5 nitrogen and oxygen atoms in total. The SMILES string of the molecule is CCCCCOc1ccc(C(=O)Nc2nc(-c3cccnc3)cs2)cc1. The highest BCUT2D eigenvalue weighted by atomic mass is 32.1. The van der Waals surface area contributed by atoms with Crippen molar-refractivity contribution in [2.75, 3.05) is 11.9 Å². The zero-order valence-electron chi connectivity index (χ0n) is 14.6. The van der Waals surface area contributed by atoms with Crippen molar-refractivity contribution in [2.45, 2.75) is 26.2 Å². The zero-order chi connectivity index (χ0) is 18.2. The van der Waals surface area contributed by atoms with Crippen LogP contribution >= 0.6 is 11.3 Å². The molecule has 0 spiro atoms. The second-order valence-corrected chi connectivity index (χ2v) is 6.67. The molecule has 6 heteroatoms. The Kier molecular flexibility index (Phi) is 6.33. The molecule has 0 saturated carbocycles. The van der Waals surface area contributed by atoms with Gasteiger partial charge in [0.05, 0.1) is 12.3 Å². The van der Waals surface area contributed by atoms with Crippen molar-refractivity contribution in [3.8, 4) is 17.0 Å². The molecule has 1 aromatic carbocycles. The van der Waals surface area contributed by atoms with Gasteiger partial charge in [0.15, 0.2) is 5.13 Å². The first-order valence-electron chi connectivity index (χ1n) is 8.66. The van der Waals surface area contributed by atoms with Crippen molar-refractivity contribution < 1.29 is 9.53 Å². The molecule has 0 atom stereocenters. The lowest BCUT2D eigenvalue weighted by Gasteiger charge is -2.07. The molecule has 134 valence electrons. The molecule has 0 bridgehead atoms. The first-order chi connectivity index (χ1) is 12.8. The van der Waals surface area contributed by atoms with Gasteiger partial charge in [-0.1, -0.05) is 19.8 Å². The normalized spacial score (nSPS) is 10.5. The van der Waals surface area contributed by atoms with Gasteiger partial charge in [0, 0.05) is 28.9 Å². The minimum absolute atomic E-state index is 0.186. The van der Waals surface area contributed by atoms with E-state index in [4.69, 9.17) is 4.74 Å². The number of ether oxygens (including phenoxy) is 1. The smallest absolute Gasteiger partial charge is 0.257 e. The van der Waals surface area contributed by atoms with Crippen molar-refractivity contribution >= 4 is 22.4 Å². The Morgan fingerprint density at radius 1 is 1.19 bits per heavy atom. The molecule has 0 aliphatic heterocycles.